The molecule has 0 saturated carbocycles. The maximum Gasteiger partial charge on any atom is 0.120 e. The van der Waals surface area contributed by atoms with Crippen LogP contribution in [0.1, 0.15) is 45.2 Å². The van der Waals surface area contributed by atoms with Gasteiger partial charge in [0, 0.05) is 23.4 Å². The van der Waals surface area contributed by atoms with Gasteiger partial charge >= 0.3 is 0 Å². The second-order valence-electron chi connectivity index (χ2n) is 5.44. The fraction of sp³-hybridized carbons (Fsp3) is 0.600. The van der Waals surface area contributed by atoms with E-state index in [1.807, 2.05) is 25.1 Å². The minimum atomic E-state index is 0.0200. The van der Waals surface area contributed by atoms with Crippen LogP contribution in [0.15, 0.2) is 22.7 Å². The second-order valence-corrected chi connectivity index (χ2v) is 6.29. The molecule has 2 rings (SSSR count). The summed E-state index contributed by atoms with van der Waals surface area (Å²) in [4.78, 5) is 0. The molecule has 0 spiro atoms. The van der Waals surface area contributed by atoms with Crippen LogP contribution in [0, 0.1) is 0 Å². The number of ether oxygens (including phenoxy) is 2. The van der Waals surface area contributed by atoms with E-state index in [-0.39, 0.29) is 24.4 Å². The lowest BCUT2D eigenvalue weighted by atomic mass is 10.0. The molecule has 1 aliphatic heterocycles. The molecule has 0 bridgehead atoms. The maximum absolute atomic E-state index is 6.06. The van der Waals surface area contributed by atoms with Gasteiger partial charge in [-0.1, -0.05) is 22.0 Å². The van der Waals surface area contributed by atoms with Gasteiger partial charge in [-0.15, -0.1) is 0 Å². The SMILES string of the molecule is CC1CC(Oc2ccc(C(C)N)c(Br)c2)CC(C)O1. The Morgan fingerprint density at radius 1 is 1.32 bits per heavy atom. The van der Waals surface area contributed by atoms with E-state index < -0.39 is 0 Å². The van der Waals surface area contributed by atoms with E-state index >= 15 is 0 Å². The highest BCUT2D eigenvalue weighted by molar-refractivity contribution is 9.10. The van der Waals surface area contributed by atoms with Crippen molar-refractivity contribution in [2.45, 2.75) is 58.0 Å². The van der Waals surface area contributed by atoms with Gasteiger partial charge in [0.2, 0.25) is 0 Å². The lowest BCUT2D eigenvalue weighted by Crippen LogP contribution is -2.35. The number of benzene rings is 1. The Balaban J connectivity index is 2.05. The van der Waals surface area contributed by atoms with Gasteiger partial charge in [-0.2, -0.15) is 0 Å². The number of nitrogens with two attached hydrogens (primary N) is 1. The highest BCUT2D eigenvalue weighted by Crippen LogP contribution is 2.29. The zero-order valence-electron chi connectivity index (χ0n) is 11.7. The molecule has 1 heterocycles. The Morgan fingerprint density at radius 2 is 1.95 bits per heavy atom. The number of halogens is 1. The van der Waals surface area contributed by atoms with Gasteiger partial charge in [0.1, 0.15) is 11.9 Å². The summed E-state index contributed by atoms with van der Waals surface area (Å²) in [6.45, 7) is 6.17. The topological polar surface area (TPSA) is 44.5 Å². The first kappa shape index (κ1) is 14.8. The normalized spacial score (nSPS) is 29.0. The van der Waals surface area contributed by atoms with Crippen LogP contribution in [-0.4, -0.2) is 18.3 Å². The molecule has 1 aliphatic rings. The van der Waals surface area contributed by atoms with E-state index in [1.54, 1.807) is 0 Å². The lowest BCUT2D eigenvalue weighted by molar-refractivity contribution is -0.0721. The van der Waals surface area contributed by atoms with Gasteiger partial charge in [0.25, 0.3) is 0 Å². The molecule has 2 N–H and O–H groups in total. The van der Waals surface area contributed by atoms with E-state index in [4.69, 9.17) is 15.2 Å². The van der Waals surface area contributed by atoms with Gasteiger partial charge in [-0.3, -0.25) is 0 Å². The Morgan fingerprint density at radius 3 is 2.47 bits per heavy atom. The van der Waals surface area contributed by atoms with Crippen LogP contribution in [0.2, 0.25) is 0 Å². The molecule has 1 saturated heterocycles. The fourth-order valence-corrected chi connectivity index (χ4v) is 3.30. The van der Waals surface area contributed by atoms with E-state index in [0.29, 0.717) is 0 Å². The molecule has 4 heteroatoms. The van der Waals surface area contributed by atoms with Gasteiger partial charge < -0.3 is 15.2 Å². The van der Waals surface area contributed by atoms with Crippen LogP contribution in [0.5, 0.6) is 5.75 Å². The minimum absolute atomic E-state index is 0.0200. The molecular weight excluding hydrogens is 306 g/mol. The first-order valence-corrected chi connectivity index (χ1v) is 7.62. The van der Waals surface area contributed by atoms with Gasteiger partial charge in [0.05, 0.1) is 12.2 Å². The maximum atomic E-state index is 6.06. The Labute approximate surface area is 123 Å². The Bertz CT molecular complexity index is 426. The summed E-state index contributed by atoms with van der Waals surface area (Å²) >= 11 is 3.55. The smallest absolute Gasteiger partial charge is 0.120 e. The third-order valence-corrected chi connectivity index (χ3v) is 4.11. The van der Waals surface area contributed by atoms with Gasteiger partial charge in [-0.25, -0.2) is 0 Å². The minimum Gasteiger partial charge on any atom is -0.490 e. The van der Waals surface area contributed by atoms with Crippen LogP contribution in [0.25, 0.3) is 0 Å². The summed E-state index contributed by atoms with van der Waals surface area (Å²) in [5, 5.41) is 0. The monoisotopic (exact) mass is 327 g/mol. The van der Waals surface area contributed by atoms with Crippen LogP contribution in [0.4, 0.5) is 0 Å². The molecule has 1 aromatic rings. The summed E-state index contributed by atoms with van der Waals surface area (Å²) in [6.07, 6.45) is 2.64. The van der Waals surface area contributed by atoms with Crippen molar-refractivity contribution in [1.29, 1.82) is 0 Å². The van der Waals surface area contributed by atoms with Crippen molar-refractivity contribution in [2.24, 2.45) is 5.73 Å². The van der Waals surface area contributed by atoms with Crippen molar-refractivity contribution in [2.75, 3.05) is 0 Å². The predicted octanol–water partition coefficient (Wildman–Crippen LogP) is 3.80. The predicted molar refractivity (Wildman–Crippen MR) is 80.4 cm³/mol. The first-order valence-electron chi connectivity index (χ1n) is 6.83. The molecule has 1 aromatic carbocycles. The Kier molecular flexibility index (Phi) is 4.87. The lowest BCUT2D eigenvalue weighted by Gasteiger charge is -2.32. The van der Waals surface area contributed by atoms with E-state index in [1.165, 1.54) is 0 Å². The van der Waals surface area contributed by atoms with Crippen molar-refractivity contribution in [3.8, 4) is 5.75 Å². The molecule has 3 unspecified atom stereocenters. The van der Waals surface area contributed by atoms with Crippen molar-refractivity contribution in [3.05, 3.63) is 28.2 Å². The highest BCUT2D eigenvalue weighted by atomic mass is 79.9. The second kappa shape index (κ2) is 6.25. The quantitative estimate of drug-likeness (QED) is 0.918. The fourth-order valence-electron chi connectivity index (χ4n) is 2.58. The average molecular weight is 328 g/mol. The van der Waals surface area contributed by atoms with Crippen LogP contribution >= 0.6 is 15.9 Å². The molecule has 0 radical (unpaired) electrons. The third-order valence-electron chi connectivity index (χ3n) is 3.42. The van der Waals surface area contributed by atoms with Crippen molar-refractivity contribution in [3.63, 3.8) is 0 Å². The Hall–Kier alpha value is -0.580. The zero-order valence-corrected chi connectivity index (χ0v) is 13.3. The first-order chi connectivity index (χ1) is 8.95. The highest BCUT2D eigenvalue weighted by Gasteiger charge is 2.25. The van der Waals surface area contributed by atoms with E-state index in [9.17, 15) is 0 Å². The molecule has 3 atom stereocenters. The molecule has 0 aromatic heterocycles. The summed E-state index contributed by atoms with van der Waals surface area (Å²) in [6, 6.07) is 6.04. The third kappa shape index (κ3) is 3.94. The molecule has 0 amide bonds. The van der Waals surface area contributed by atoms with Crippen molar-refractivity contribution < 1.29 is 9.47 Å². The molecule has 19 heavy (non-hydrogen) atoms. The summed E-state index contributed by atoms with van der Waals surface area (Å²) in [5.41, 5.74) is 7.00. The molecule has 106 valence electrons. The van der Waals surface area contributed by atoms with Gasteiger partial charge in [-0.05, 0) is 38.5 Å². The largest absolute Gasteiger partial charge is 0.490 e. The molecule has 0 aliphatic carbocycles. The zero-order chi connectivity index (χ0) is 14.0. The molecular formula is C15H22BrNO2. The van der Waals surface area contributed by atoms with Crippen molar-refractivity contribution in [1.82, 2.24) is 0 Å². The number of hydrogen-bond acceptors (Lipinski definition) is 3. The molecule has 3 nitrogen and oxygen atoms in total. The standard InChI is InChI=1S/C15H22BrNO2/c1-9-6-13(7-10(2)18-9)19-12-4-5-14(11(3)17)15(16)8-12/h4-5,8-11,13H,6-7,17H2,1-3H3. The van der Waals surface area contributed by atoms with Crippen LogP contribution in [0.3, 0.4) is 0 Å². The number of hydrogen-bond donors (Lipinski definition) is 1. The van der Waals surface area contributed by atoms with Crippen LogP contribution < -0.4 is 10.5 Å². The van der Waals surface area contributed by atoms with Crippen molar-refractivity contribution >= 4 is 15.9 Å². The number of rotatable bonds is 3. The molecule has 1 fully saturated rings. The summed E-state index contributed by atoms with van der Waals surface area (Å²) < 4.78 is 12.8. The van der Waals surface area contributed by atoms with Crippen LogP contribution in [-0.2, 0) is 4.74 Å². The van der Waals surface area contributed by atoms with E-state index in [0.717, 1.165) is 28.6 Å². The summed E-state index contributed by atoms with van der Waals surface area (Å²) in [5.74, 6) is 0.891. The van der Waals surface area contributed by atoms with Gasteiger partial charge in [0.15, 0.2) is 0 Å². The summed E-state index contributed by atoms with van der Waals surface area (Å²) in [7, 11) is 0. The average Bonchev–Trinajstić information content (AvgIpc) is 2.26. The van der Waals surface area contributed by atoms with E-state index in [2.05, 4.69) is 29.8 Å².